The molecule has 2 amide bonds. The highest BCUT2D eigenvalue weighted by molar-refractivity contribution is 5.98. The molecule has 3 heterocycles. The van der Waals surface area contributed by atoms with Gasteiger partial charge in [-0.05, 0) is 31.2 Å². The second-order valence-corrected chi connectivity index (χ2v) is 9.43. The summed E-state index contributed by atoms with van der Waals surface area (Å²) in [6, 6.07) is 8.81. The van der Waals surface area contributed by atoms with E-state index in [0.29, 0.717) is 45.3 Å². The maximum atomic E-state index is 14.1. The SMILES string of the molecule is C=CCOC(=O)[C@@H]1[C@H]2C(=O)N(CCCCO)C(C(=O)N(CC=C)Cc3ccccc3)C23CC[C@H]1O3. The van der Waals surface area contributed by atoms with Crippen molar-refractivity contribution in [2.24, 2.45) is 11.8 Å². The molecule has 4 rings (SSSR count). The smallest absolute Gasteiger partial charge is 0.312 e. The maximum Gasteiger partial charge on any atom is 0.312 e. The number of carbonyl (C=O) groups is 3. The molecule has 0 saturated carbocycles. The third kappa shape index (κ3) is 4.52. The number of aliphatic hydroxyl groups is 1. The summed E-state index contributed by atoms with van der Waals surface area (Å²) in [7, 11) is 0. The molecule has 0 aliphatic carbocycles. The molecule has 0 radical (unpaired) electrons. The van der Waals surface area contributed by atoms with Crippen molar-refractivity contribution in [3.8, 4) is 0 Å². The summed E-state index contributed by atoms with van der Waals surface area (Å²) >= 11 is 0. The lowest BCUT2D eigenvalue weighted by atomic mass is 9.70. The number of rotatable bonds is 12. The largest absolute Gasteiger partial charge is 0.461 e. The summed E-state index contributed by atoms with van der Waals surface area (Å²) in [6.45, 7) is 8.46. The standard InChI is InChI=1S/C27H34N2O6/c1-3-14-28(18-19-10-6-5-7-11-19)25(32)23-27-13-12-20(35-27)21(26(33)34-17-4-2)22(27)24(31)29(23)15-8-9-16-30/h3-7,10-11,20-23,30H,1-2,8-9,12-18H2/t20-,21+,22+,23?,27?/m1/s1. The number of nitrogens with zero attached hydrogens (tertiary/aromatic N) is 2. The van der Waals surface area contributed by atoms with Gasteiger partial charge in [0.1, 0.15) is 18.2 Å². The van der Waals surface area contributed by atoms with E-state index >= 15 is 0 Å². The van der Waals surface area contributed by atoms with Gasteiger partial charge in [0.25, 0.3) is 0 Å². The molecule has 3 aliphatic heterocycles. The minimum Gasteiger partial charge on any atom is -0.461 e. The Hall–Kier alpha value is -2.97. The van der Waals surface area contributed by atoms with E-state index in [2.05, 4.69) is 13.2 Å². The lowest BCUT2D eigenvalue weighted by Crippen LogP contribution is -2.56. The predicted octanol–water partition coefficient (Wildman–Crippen LogP) is 2.08. The van der Waals surface area contributed by atoms with Crippen LogP contribution in [-0.2, 0) is 30.4 Å². The molecule has 35 heavy (non-hydrogen) atoms. The van der Waals surface area contributed by atoms with Gasteiger partial charge in [0.05, 0.1) is 17.9 Å². The summed E-state index contributed by atoms with van der Waals surface area (Å²) in [5.41, 5.74) is -0.0955. The van der Waals surface area contributed by atoms with Crippen molar-refractivity contribution in [3.05, 3.63) is 61.2 Å². The van der Waals surface area contributed by atoms with E-state index < -0.39 is 35.6 Å². The number of hydrogen-bond acceptors (Lipinski definition) is 6. The molecule has 1 aromatic carbocycles. The van der Waals surface area contributed by atoms with Crippen molar-refractivity contribution < 1.29 is 29.0 Å². The zero-order valence-corrected chi connectivity index (χ0v) is 20.0. The second-order valence-electron chi connectivity index (χ2n) is 9.43. The van der Waals surface area contributed by atoms with Crippen LogP contribution >= 0.6 is 0 Å². The van der Waals surface area contributed by atoms with E-state index in [1.54, 1.807) is 15.9 Å². The van der Waals surface area contributed by atoms with Crippen LogP contribution in [0.25, 0.3) is 0 Å². The summed E-state index contributed by atoms with van der Waals surface area (Å²) in [4.78, 5) is 44.1. The van der Waals surface area contributed by atoms with Crippen molar-refractivity contribution in [2.75, 3.05) is 26.3 Å². The van der Waals surface area contributed by atoms with Crippen molar-refractivity contribution in [1.29, 1.82) is 0 Å². The topological polar surface area (TPSA) is 96.4 Å². The molecule has 3 aliphatic rings. The summed E-state index contributed by atoms with van der Waals surface area (Å²) in [5.74, 6) is -2.44. The molecule has 2 unspecified atom stereocenters. The monoisotopic (exact) mass is 482 g/mol. The van der Waals surface area contributed by atoms with E-state index in [1.807, 2.05) is 30.3 Å². The Labute approximate surface area is 206 Å². The number of amides is 2. The van der Waals surface area contributed by atoms with Crippen LogP contribution in [0.4, 0.5) is 0 Å². The quantitative estimate of drug-likeness (QED) is 0.278. The van der Waals surface area contributed by atoms with Gasteiger partial charge in [-0.2, -0.15) is 0 Å². The first-order valence-electron chi connectivity index (χ1n) is 12.3. The average molecular weight is 483 g/mol. The van der Waals surface area contributed by atoms with Crippen LogP contribution in [0.15, 0.2) is 55.6 Å². The highest BCUT2D eigenvalue weighted by atomic mass is 16.6. The van der Waals surface area contributed by atoms with Crippen molar-refractivity contribution in [1.82, 2.24) is 9.80 Å². The van der Waals surface area contributed by atoms with Crippen LogP contribution in [0.3, 0.4) is 0 Å². The Kier molecular flexibility index (Phi) is 7.72. The van der Waals surface area contributed by atoms with Crippen molar-refractivity contribution in [3.63, 3.8) is 0 Å². The van der Waals surface area contributed by atoms with E-state index in [4.69, 9.17) is 9.47 Å². The number of fused-ring (bicyclic) bond motifs is 1. The van der Waals surface area contributed by atoms with Crippen molar-refractivity contribution >= 4 is 17.8 Å². The minimum absolute atomic E-state index is 0.000882. The molecule has 8 heteroatoms. The number of carbonyl (C=O) groups excluding carboxylic acids is 3. The molecule has 1 spiro atoms. The van der Waals surface area contributed by atoms with Gasteiger partial charge in [0.2, 0.25) is 11.8 Å². The van der Waals surface area contributed by atoms with Gasteiger partial charge in [-0.25, -0.2) is 0 Å². The average Bonchev–Trinajstić information content (AvgIpc) is 3.50. The Bertz CT molecular complexity index is 966. The van der Waals surface area contributed by atoms with Gasteiger partial charge in [0.15, 0.2) is 0 Å². The summed E-state index contributed by atoms with van der Waals surface area (Å²) in [5, 5.41) is 9.28. The lowest BCUT2D eigenvalue weighted by Gasteiger charge is -2.36. The molecule has 188 valence electrons. The Morgan fingerprint density at radius 2 is 2.00 bits per heavy atom. The molecule has 3 saturated heterocycles. The Morgan fingerprint density at radius 3 is 2.69 bits per heavy atom. The van der Waals surface area contributed by atoms with E-state index in [1.165, 1.54) is 6.08 Å². The van der Waals surface area contributed by atoms with E-state index in [0.717, 1.165) is 5.56 Å². The van der Waals surface area contributed by atoms with Crippen LogP contribution in [0, 0.1) is 11.8 Å². The van der Waals surface area contributed by atoms with Crippen molar-refractivity contribution in [2.45, 2.75) is 50.0 Å². The number of likely N-dealkylation sites (tertiary alicyclic amines) is 1. The van der Waals surface area contributed by atoms with Crippen LogP contribution in [0.5, 0.6) is 0 Å². The Balaban J connectivity index is 1.68. The highest BCUT2D eigenvalue weighted by Gasteiger charge is 2.74. The first-order valence-corrected chi connectivity index (χ1v) is 12.3. The van der Waals surface area contributed by atoms with E-state index in [9.17, 15) is 19.5 Å². The van der Waals surface area contributed by atoms with Gasteiger partial charge in [-0.1, -0.05) is 49.1 Å². The summed E-state index contributed by atoms with van der Waals surface area (Å²) in [6.07, 6.45) is 4.89. The normalized spacial score (nSPS) is 28.6. The number of hydrogen-bond donors (Lipinski definition) is 1. The lowest BCUT2D eigenvalue weighted by molar-refractivity contribution is -0.154. The third-order valence-electron chi connectivity index (χ3n) is 7.33. The molecule has 3 fully saturated rings. The van der Waals surface area contributed by atoms with Gasteiger partial charge in [-0.15, -0.1) is 6.58 Å². The van der Waals surface area contributed by atoms with Crippen LogP contribution < -0.4 is 0 Å². The fourth-order valence-corrected chi connectivity index (χ4v) is 5.94. The van der Waals surface area contributed by atoms with Gasteiger partial charge in [-0.3, -0.25) is 14.4 Å². The van der Waals surface area contributed by atoms with Gasteiger partial charge in [0, 0.05) is 26.2 Å². The molecule has 2 bridgehead atoms. The molecule has 8 nitrogen and oxygen atoms in total. The van der Waals surface area contributed by atoms with Crippen LogP contribution in [-0.4, -0.2) is 76.7 Å². The molecule has 0 aromatic heterocycles. The van der Waals surface area contributed by atoms with Gasteiger partial charge < -0.3 is 24.4 Å². The fraction of sp³-hybridized carbons (Fsp3) is 0.519. The number of unbranched alkanes of at least 4 members (excludes halogenated alkanes) is 1. The molecule has 1 N–H and O–H groups in total. The highest BCUT2D eigenvalue weighted by Crippen LogP contribution is 2.58. The first-order chi connectivity index (χ1) is 17.0. The van der Waals surface area contributed by atoms with Crippen LogP contribution in [0.2, 0.25) is 0 Å². The Morgan fingerprint density at radius 1 is 1.23 bits per heavy atom. The zero-order valence-electron chi connectivity index (χ0n) is 20.0. The number of aliphatic hydroxyl groups excluding tert-OH is 1. The maximum absolute atomic E-state index is 14.1. The minimum atomic E-state index is -1.06. The third-order valence-corrected chi connectivity index (χ3v) is 7.33. The number of ether oxygens (including phenoxy) is 2. The molecular weight excluding hydrogens is 448 g/mol. The fourth-order valence-electron chi connectivity index (χ4n) is 5.94. The predicted molar refractivity (Wildman–Crippen MR) is 129 cm³/mol. The van der Waals surface area contributed by atoms with Gasteiger partial charge >= 0.3 is 5.97 Å². The molecule has 5 atom stereocenters. The molecular formula is C27H34N2O6. The molecule has 1 aromatic rings. The number of esters is 1. The zero-order chi connectivity index (χ0) is 25.0. The van der Waals surface area contributed by atoms with Crippen LogP contribution in [0.1, 0.15) is 31.2 Å². The number of benzene rings is 1. The summed E-state index contributed by atoms with van der Waals surface area (Å²) < 4.78 is 11.7. The first kappa shape index (κ1) is 25.1. The van der Waals surface area contributed by atoms with E-state index in [-0.39, 0.29) is 25.0 Å². The second kappa shape index (κ2) is 10.7.